The van der Waals surface area contributed by atoms with Crippen LogP contribution in [0, 0.1) is 0 Å². The Bertz CT molecular complexity index is 604. The number of halogens is 2. The summed E-state index contributed by atoms with van der Waals surface area (Å²) < 4.78 is 0. The number of amides is 2. The van der Waals surface area contributed by atoms with Crippen LogP contribution < -0.4 is 10.6 Å². The molecule has 2 atom stereocenters. The van der Waals surface area contributed by atoms with Crippen molar-refractivity contribution in [2.24, 2.45) is 0 Å². The molecule has 0 aromatic heterocycles. The Balaban J connectivity index is 0.00000338. The Morgan fingerprint density at radius 2 is 2.12 bits per heavy atom. The highest BCUT2D eigenvalue weighted by Crippen LogP contribution is 2.17. The second-order valence-electron chi connectivity index (χ2n) is 6.20. The average Bonchev–Trinajstić information content (AvgIpc) is 2.64. The van der Waals surface area contributed by atoms with E-state index >= 15 is 0 Å². The van der Waals surface area contributed by atoms with E-state index in [2.05, 4.69) is 10.6 Å². The zero-order chi connectivity index (χ0) is 18.2. The smallest absolute Gasteiger partial charge is 0.253 e. The minimum absolute atomic E-state index is 0. The molecule has 1 fully saturated rings. The first kappa shape index (κ1) is 23.1. The van der Waals surface area contributed by atoms with Gasteiger partial charge in [-0.15, -0.1) is 12.4 Å². The third-order valence-corrected chi connectivity index (χ3v) is 5.45. The number of hydrogen-bond donors (Lipinski definition) is 2. The van der Waals surface area contributed by atoms with Crippen LogP contribution in [0.3, 0.4) is 0 Å². The van der Waals surface area contributed by atoms with Crippen molar-refractivity contribution in [3.63, 3.8) is 0 Å². The first-order valence-corrected chi connectivity index (χ1v) is 10.3. The van der Waals surface area contributed by atoms with Crippen LogP contribution in [-0.4, -0.2) is 60.9 Å². The van der Waals surface area contributed by atoms with E-state index < -0.39 is 6.04 Å². The van der Waals surface area contributed by atoms with E-state index in [9.17, 15) is 9.59 Å². The molecule has 0 saturated carbocycles. The van der Waals surface area contributed by atoms with Gasteiger partial charge in [0, 0.05) is 19.1 Å². The van der Waals surface area contributed by atoms with Crippen molar-refractivity contribution in [2.75, 3.05) is 32.1 Å². The van der Waals surface area contributed by atoms with Gasteiger partial charge in [-0.1, -0.05) is 23.7 Å². The molecule has 0 radical (unpaired) electrons. The highest BCUT2D eigenvalue weighted by atomic mass is 35.5. The number of nitrogens with one attached hydrogen (secondary N) is 2. The molecule has 8 heteroatoms. The van der Waals surface area contributed by atoms with E-state index in [4.69, 9.17) is 11.6 Å². The Morgan fingerprint density at radius 1 is 1.38 bits per heavy atom. The monoisotopic (exact) mass is 419 g/mol. The number of benzene rings is 1. The first-order valence-electron chi connectivity index (χ1n) is 8.57. The van der Waals surface area contributed by atoms with Crippen LogP contribution in [0.15, 0.2) is 24.3 Å². The van der Waals surface area contributed by atoms with Gasteiger partial charge in [-0.05, 0) is 50.5 Å². The van der Waals surface area contributed by atoms with E-state index in [0.717, 1.165) is 25.1 Å². The Morgan fingerprint density at radius 3 is 2.77 bits per heavy atom. The minimum atomic E-state index is -0.521. The third-order valence-electron chi connectivity index (χ3n) is 4.47. The molecule has 2 amide bonds. The molecule has 1 aliphatic heterocycles. The lowest BCUT2D eigenvalue weighted by atomic mass is 10.0. The van der Waals surface area contributed by atoms with Crippen molar-refractivity contribution in [3.05, 3.63) is 34.9 Å². The second kappa shape index (κ2) is 11.7. The molecule has 1 aliphatic rings. The number of carbonyl (C=O) groups excluding carboxylic acids is 2. The van der Waals surface area contributed by atoms with Crippen molar-refractivity contribution in [1.29, 1.82) is 0 Å². The topological polar surface area (TPSA) is 61.4 Å². The van der Waals surface area contributed by atoms with Gasteiger partial charge < -0.3 is 15.5 Å². The lowest BCUT2D eigenvalue weighted by molar-refractivity contribution is -0.134. The lowest BCUT2D eigenvalue weighted by Gasteiger charge is -2.35. The van der Waals surface area contributed by atoms with Gasteiger partial charge in [0.1, 0.15) is 6.04 Å². The zero-order valence-electron chi connectivity index (χ0n) is 15.2. The van der Waals surface area contributed by atoms with Crippen LogP contribution in [0.25, 0.3) is 0 Å². The average molecular weight is 420 g/mol. The number of piperidine rings is 1. The van der Waals surface area contributed by atoms with Gasteiger partial charge in [0.15, 0.2) is 0 Å². The summed E-state index contributed by atoms with van der Waals surface area (Å²) in [6, 6.07) is 6.69. The van der Waals surface area contributed by atoms with E-state index in [1.807, 2.05) is 18.2 Å². The van der Waals surface area contributed by atoms with Crippen molar-refractivity contribution < 1.29 is 9.59 Å². The molecule has 2 unspecified atom stereocenters. The molecule has 2 N–H and O–H groups in total. The van der Waals surface area contributed by atoms with E-state index in [1.165, 1.54) is 0 Å². The Labute approximate surface area is 171 Å². The van der Waals surface area contributed by atoms with Crippen molar-refractivity contribution in [3.8, 4) is 0 Å². The highest BCUT2D eigenvalue weighted by Gasteiger charge is 2.29. The van der Waals surface area contributed by atoms with Gasteiger partial charge in [0.05, 0.1) is 10.6 Å². The molecule has 2 rings (SSSR count). The molecule has 0 bridgehead atoms. The number of nitrogens with zero attached hydrogens (tertiary/aromatic N) is 1. The maximum absolute atomic E-state index is 13.0. The van der Waals surface area contributed by atoms with E-state index in [0.29, 0.717) is 29.6 Å². The van der Waals surface area contributed by atoms with Gasteiger partial charge in [0.2, 0.25) is 5.91 Å². The summed E-state index contributed by atoms with van der Waals surface area (Å²) in [7, 11) is 1.92. The van der Waals surface area contributed by atoms with Gasteiger partial charge >= 0.3 is 0 Å². The molecule has 146 valence electrons. The Kier molecular flexibility index (Phi) is 10.4. The Hall–Kier alpha value is -0.950. The van der Waals surface area contributed by atoms with Crippen LogP contribution in [0.1, 0.15) is 29.6 Å². The SMILES string of the molecule is CNC1CCCN(C(=O)C(CCSC)NC(=O)c2ccccc2Cl)C1.Cl. The molecular weight excluding hydrogens is 393 g/mol. The van der Waals surface area contributed by atoms with E-state index in [-0.39, 0.29) is 24.2 Å². The van der Waals surface area contributed by atoms with Gasteiger partial charge in [-0.2, -0.15) is 11.8 Å². The van der Waals surface area contributed by atoms with Gasteiger partial charge in [0.25, 0.3) is 5.91 Å². The summed E-state index contributed by atoms with van der Waals surface area (Å²) in [5, 5.41) is 6.53. The second-order valence-corrected chi connectivity index (χ2v) is 7.59. The normalized spacial score (nSPS) is 18.0. The summed E-state index contributed by atoms with van der Waals surface area (Å²) in [6.45, 7) is 1.43. The lowest BCUT2D eigenvalue weighted by Crippen LogP contribution is -2.54. The summed E-state index contributed by atoms with van der Waals surface area (Å²) >= 11 is 7.77. The molecule has 5 nitrogen and oxygen atoms in total. The predicted molar refractivity (Wildman–Crippen MR) is 112 cm³/mol. The fourth-order valence-corrected chi connectivity index (χ4v) is 3.70. The van der Waals surface area contributed by atoms with Crippen LogP contribution in [-0.2, 0) is 4.79 Å². The number of likely N-dealkylation sites (tertiary alicyclic amines) is 1. The highest BCUT2D eigenvalue weighted by molar-refractivity contribution is 7.98. The van der Waals surface area contributed by atoms with Crippen molar-refractivity contribution in [2.45, 2.75) is 31.3 Å². The summed E-state index contributed by atoms with van der Waals surface area (Å²) in [5.74, 6) is 0.504. The molecule has 1 heterocycles. The van der Waals surface area contributed by atoms with Gasteiger partial charge in [-0.25, -0.2) is 0 Å². The first-order chi connectivity index (χ1) is 12.1. The van der Waals surface area contributed by atoms with Crippen LogP contribution in [0.5, 0.6) is 0 Å². The molecule has 1 aromatic carbocycles. The predicted octanol–water partition coefficient (Wildman–Crippen LogP) is 2.82. The maximum Gasteiger partial charge on any atom is 0.253 e. The van der Waals surface area contributed by atoms with Gasteiger partial charge in [-0.3, -0.25) is 9.59 Å². The number of rotatable bonds is 7. The standard InChI is InChI=1S/C18H26ClN3O2S.ClH/c1-20-13-6-5-10-22(12-13)18(24)16(9-11-25-2)21-17(23)14-7-3-4-8-15(14)19;/h3-4,7-8,13,16,20H,5-6,9-12H2,1-2H3,(H,21,23);1H. The number of thioether (sulfide) groups is 1. The number of likely N-dealkylation sites (N-methyl/N-ethyl adjacent to an activating group) is 1. The van der Waals surface area contributed by atoms with Crippen molar-refractivity contribution in [1.82, 2.24) is 15.5 Å². The van der Waals surface area contributed by atoms with E-state index in [1.54, 1.807) is 36.0 Å². The molecule has 1 saturated heterocycles. The summed E-state index contributed by atoms with van der Waals surface area (Å²) in [6.07, 6.45) is 4.65. The number of hydrogen-bond acceptors (Lipinski definition) is 4. The fraction of sp³-hybridized carbons (Fsp3) is 0.556. The van der Waals surface area contributed by atoms with Crippen LogP contribution in [0.4, 0.5) is 0 Å². The zero-order valence-corrected chi connectivity index (χ0v) is 17.6. The third kappa shape index (κ3) is 6.34. The summed E-state index contributed by atoms with van der Waals surface area (Å²) in [4.78, 5) is 27.4. The molecule has 0 spiro atoms. The fourth-order valence-electron chi connectivity index (χ4n) is 3.01. The van der Waals surface area contributed by atoms with Crippen LogP contribution >= 0.6 is 35.8 Å². The molecular formula is C18H27Cl2N3O2S. The molecule has 26 heavy (non-hydrogen) atoms. The quantitative estimate of drug-likeness (QED) is 0.712. The van der Waals surface area contributed by atoms with Crippen LogP contribution in [0.2, 0.25) is 5.02 Å². The minimum Gasteiger partial charge on any atom is -0.340 e. The molecule has 1 aromatic rings. The largest absolute Gasteiger partial charge is 0.340 e. The maximum atomic E-state index is 13.0. The number of carbonyl (C=O) groups is 2. The van der Waals surface area contributed by atoms with Crippen molar-refractivity contribution >= 4 is 47.6 Å². The molecule has 0 aliphatic carbocycles. The summed E-state index contributed by atoms with van der Waals surface area (Å²) in [5.41, 5.74) is 0.401.